The zero-order valence-electron chi connectivity index (χ0n) is 11.4. The Balaban J connectivity index is 2.04. The fraction of sp³-hybridized carbons (Fsp3) is 0.267. The van der Waals surface area contributed by atoms with Crippen LogP contribution in [0.4, 0.5) is 0 Å². The molecule has 1 N–H and O–H groups in total. The molecular weight excluding hydrogens is 274 g/mol. The molecule has 0 saturated carbocycles. The molecule has 1 heterocycles. The maximum Gasteiger partial charge on any atom is 0.271 e. The molecule has 0 unspecified atom stereocenters. The molecule has 4 nitrogen and oxygen atoms in total. The maximum atomic E-state index is 11.9. The van der Waals surface area contributed by atoms with Crippen molar-refractivity contribution in [1.29, 1.82) is 0 Å². The summed E-state index contributed by atoms with van der Waals surface area (Å²) in [5.74, 6) is -0.229. The lowest BCUT2D eigenvalue weighted by molar-refractivity contribution is 0.0940. The van der Waals surface area contributed by atoms with E-state index in [4.69, 9.17) is 11.6 Å². The third-order valence-corrected chi connectivity index (χ3v) is 3.33. The van der Waals surface area contributed by atoms with Crippen LogP contribution in [0.2, 0.25) is 5.02 Å². The number of aromatic nitrogens is 2. The summed E-state index contributed by atoms with van der Waals surface area (Å²) >= 11 is 6.00. The minimum Gasteiger partial charge on any atom is -0.350 e. The van der Waals surface area contributed by atoms with Gasteiger partial charge in [-0.25, -0.2) is 4.98 Å². The van der Waals surface area contributed by atoms with Crippen molar-refractivity contribution < 1.29 is 4.79 Å². The van der Waals surface area contributed by atoms with Crippen molar-refractivity contribution in [3.05, 3.63) is 59.1 Å². The summed E-state index contributed by atoms with van der Waals surface area (Å²) in [6.45, 7) is 4.59. The number of benzene rings is 1. The number of hydrogen-bond donors (Lipinski definition) is 1. The lowest BCUT2D eigenvalue weighted by Gasteiger charge is -2.25. The fourth-order valence-electron chi connectivity index (χ4n) is 1.82. The molecule has 1 aromatic carbocycles. The predicted octanol–water partition coefficient (Wildman–Crippen LogP) is 2.84. The molecule has 0 radical (unpaired) electrons. The Labute approximate surface area is 123 Å². The quantitative estimate of drug-likeness (QED) is 0.941. The van der Waals surface area contributed by atoms with Gasteiger partial charge in [0.2, 0.25) is 0 Å². The lowest BCUT2D eigenvalue weighted by Crippen LogP contribution is -2.37. The van der Waals surface area contributed by atoms with E-state index in [-0.39, 0.29) is 11.3 Å². The Morgan fingerprint density at radius 1 is 1.35 bits per heavy atom. The zero-order valence-corrected chi connectivity index (χ0v) is 12.2. The van der Waals surface area contributed by atoms with Gasteiger partial charge in [0.25, 0.3) is 5.91 Å². The summed E-state index contributed by atoms with van der Waals surface area (Å²) in [4.78, 5) is 19.8. The predicted molar refractivity (Wildman–Crippen MR) is 78.8 cm³/mol. The second kappa shape index (κ2) is 6.01. The van der Waals surface area contributed by atoms with Gasteiger partial charge in [-0.2, -0.15) is 0 Å². The van der Waals surface area contributed by atoms with Gasteiger partial charge in [-0.15, -0.1) is 0 Å². The molecule has 0 saturated heterocycles. The van der Waals surface area contributed by atoms with Crippen molar-refractivity contribution in [2.45, 2.75) is 19.3 Å². The van der Waals surface area contributed by atoms with Crippen molar-refractivity contribution in [3.63, 3.8) is 0 Å². The molecule has 0 aliphatic rings. The minimum absolute atomic E-state index is 0.219. The highest BCUT2D eigenvalue weighted by Gasteiger charge is 2.22. The van der Waals surface area contributed by atoms with Crippen LogP contribution in [0.3, 0.4) is 0 Å². The average molecular weight is 290 g/mol. The van der Waals surface area contributed by atoms with Crippen LogP contribution in [0.1, 0.15) is 29.9 Å². The van der Waals surface area contributed by atoms with Gasteiger partial charge in [-0.3, -0.25) is 9.78 Å². The molecule has 2 rings (SSSR count). The molecule has 20 heavy (non-hydrogen) atoms. The third-order valence-electron chi connectivity index (χ3n) is 3.09. The first kappa shape index (κ1) is 14.5. The van der Waals surface area contributed by atoms with Crippen LogP contribution < -0.4 is 5.32 Å². The fourth-order valence-corrected chi connectivity index (χ4v) is 2.01. The Kier molecular flexibility index (Phi) is 4.35. The standard InChI is InChI=1S/C15H16ClN3O/c1-15(2,11-4-3-5-12(16)8-11)10-19-14(20)13-9-17-6-7-18-13/h3-9H,10H2,1-2H3,(H,19,20). The Morgan fingerprint density at radius 2 is 2.15 bits per heavy atom. The minimum atomic E-state index is -0.229. The number of hydrogen-bond acceptors (Lipinski definition) is 3. The molecule has 1 aromatic heterocycles. The van der Waals surface area contributed by atoms with E-state index in [2.05, 4.69) is 29.1 Å². The molecule has 5 heteroatoms. The van der Waals surface area contributed by atoms with Gasteiger partial charge in [0.1, 0.15) is 5.69 Å². The Hall–Kier alpha value is -1.94. The van der Waals surface area contributed by atoms with Crippen molar-refractivity contribution in [2.75, 3.05) is 6.54 Å². The van der Waals surface area contributed by atoms with Crippen molar-refractivity contribution in [3.8, 4) is 0 Å². The number of nitrogens with zero attached hydrogens (tertiary/aromatic N) is 2. The summed E-state index contributed by atoms with van der Waals surface area (Å²) in [5.41, 5.74) is 1.17. The van der Waals surface area contributed by atoms with E-state index in [1.165, 1.54) is 18.6 Å². The Bertz CT molecular complexity index is 599. The van der Waals surface area contributed by atoms with Gasteiger partial charge in [0.05, 0.1) is 6.20 Å². The zero-order chi connectivity index (χ0) is 14.6. The number of amides is 1. The smallest absolute Gasteiger partial charge is 0.271 e. The molecule has 0 atom stereocenters. The van der Waals surface area contributed by atoms with Gasteiger partial charge in [0.15, 0.2) is 0 Å². The van der Waals surface area contributed by atoms with E-state index in [0.717, 1.165) is 5.56 Å². The van der Waals surface area contributed by atoms with Crippen LogP contribution >= 0.6 is 11.6 Å². The average Bonchev–Trinajstić information content (AvgIpc) is 2.46. The highest BCUT2D eigenvalue weighted by Crippen LogP contribution is 2.24. The van der Waals surface area contributed by atoms with Crippen LogP contribution in [0.25, 0.3) is 0 Å². The first-order chi connectivity index (χ1) is 9.49. The van der Waals surface area contributed by atoms with Crippen molar-refractivity contribution >= 4 is 17.5 Å². The van der Waals surface area contributed by atoms with Crippen LogP contribution in [0, 0.1) is 0 Å². The topological polar surface area (TPSA) is 54.9 Å². The SMILES string of the molecule is CC(C)(CNC(=O)c1cnccn1)c1cccc(Cl)c1. The number of carbonyl (C=O) groups excluding carboxylic acids is 1. The molecule has 104 valence electrons. The molecule has 0 spiro atoms. The Morgan fingerprint density at radius 3 is 2.80 bits per heavy atom. The molecule has 0 bridgehead atoms. The van der Waals surface area contributed by atoms with Gasteiger partial charge in [0, 0.05) is 29.4 Å². The van der Waals surface area contributed by atoms with Gasteiger partial charge >= 0.3 is 0 Å². The normalized spacial score (nSPS) is 11.2. The van der Waals surface area contributed by atoms with Crippen molar-refractivity contribution in [2.24, 2.45) is 0 Å². The van der Waals surface area contributed by atoms with Gasteiger partial charge in [-0.1, -0.05) is 37.6 Å². The lowest BCUT2D eigenvalue weighted by atomic mass is 9.84. The number of rotatable bonds is 4. The number of halogens is 1. The first-order valence-electron chi connectivity index (χ1n) is 6.29. The highest BCUT2D eigenvalue weighted by molar-refractivity contribution is 6.30. The van der Waals surface area contributed by atoms with E-state index in [1.807, 2.05) is 24.3 Å². The molecule has 1 amide bonds. The molecular formula is C15H16ClN3O. The van der Waals surface area contributed by atoms with E-state index in [0.29, 0.717) is 17.3 Å². The van der Waals surface area contributed by atoms with Crippen molar-refractivity contribution in [1.82, 2.24) is 15.3 Å². The van der Waals surface area contributed by atoms with Gasteiger partial charge < -0.3 is 5.32 Å². The molecule has 0 fully saturated rings. The van der Waals surface area contributed by atoms with Crippen LogP contribution in [0.15, 0.2) is 42.9 Å². The largest absolute Gasteiger partial charge is 0.350 e. The molecule has 0 aliphatic carbocycles. The highest BCUT2D eigenvalue weighted by atomic mass is 35.5. The van der Waals surface area contributed by atoms with Gasteiger partial charge in [-0.05, 0) is 17.7 Å². The van der Waals surface area contributed by atoms with E-state index in [1.54, 1.807) is 0 Å². The summed E-state index contributed by atoms with van der Waals surface area (Å²) in [5, 5.41) is 3.56. The van der Waals surface area contributed by atoms with E-state index >= 15 is 0 Å². The number of nitrogens with one attached hydrogen (secondary N) is 1. The van der Waals surface area contributed by atoms with E-state index in [9.17, 15) is 4.79 Å². The first-order valence-corrected chi connectivity index (χ1v) is 6.67. The number of carbonyl (C=O) groups is 1. The summed E-state index contributed by atoms with van der Waals surface area (Å²) < 4.78 is 0. The summed E-state index contributed by atoms with van der Waals surface area (Å²) in [7, 11) is 0. The third kappa shape index (κ3) is 3.54. The van der Waals surface area contributed by atoms with E-state index < -0.39 is 0 Å². The monoisotopic (exact) mass is 289 g/mol. The maximum absolute atomic E-state index is 11.9. The summed E-state index contributed by atoms with van der Waals surface area (Å²) in [6, 6.07) is 7.65. The summed E-state index contributed by atoms with van der Waals surface area (Å²) in [6.07, 6.45) is 4.48. The molecule has 2 aromatic rings. The van der Waals surface area contributed by atoms with Crippen LogP contribution in [-0.2, 0) is 5.41 Å². The molecule has 0 aliphatic heterocycles. The van der Waals surface area contributed by atoms with Crippen LogP contribution in [0.5, 0.6) is 0 Å². The van der Waals surface area contributed by atoms with Crippen LogP contribution in [-0.4, -0.2) is 22.4 Å². The second-order valence-corrected chi connectivity index (χ2v) is 5.60. The second-order valence-electron chi connectivity index (χ2n) is 5.17.